The van der Waals surface area contributed by atoms with Crippen LogP contribution in [0.1, 0.15) is 23.6 Å². The first kappa shape index (κ1) is 17.4. The lowest BCUT2D eigenvalue weighted by molar-refractivity contribution is 0.283. The molecule has 0 radical (unpaired) electrons. The van der Waals surface area contributed by atoms with Crippen molar-refractivity contribution in [3.05, 3.63) is 53.6 Å². The quantitative estimate of drug-likeness (QED) is 0.873. The molecule has 0 saturated carbocycles. The minimum atomic E-state index is 0. The zero-order chi connectivity index (χ0) is 15.4. The number of rotatable bonds is 6. The maximum absolute atomic E-state index is 6.05. The third-order valence-corrected chi connectivity index (χ3v) is 3.95. The van der Waals surface area contributed by atoms with Gasteiger partial charge in [-0.05, 0) is 24.6 Å². The Morgan fingerprint density at radius 2 is 1.65 bits per heavy atom. The van der Waals surface area contributed by atoms with Crippen LogP contribution in [0, 0.1) is 0 Å². The molecule has 1 aliphatic heterocycles. The van der Waals surface area contributed by atoms with Crippen molar-refractivity contribution >= 4 is 12.4 Å². The average Bonchev–Trinajstić information content (AvgIpc) is 2.52. The van der Waals surface area contributed by atoms with Crippen molar-refractivity contribution in [2.45, 2.75) is 19.1 Å². The third kappa shape index (κ3) is 3.89. The lowest BCUT2D eigenvalue weighted by Crippen LogP contribution is -2.35. The summed E-state index contributed by atoms with van der Waals surface area (Å²) in [5, 5.41) is 3.41. The van der Waals surface area contributed by atoms with Crippen LogP contribution in [0.3, 0.4) is 0 Å². The molecule has 1 aliphatic rings. The van der Waals surface area contributed by atoms with Crippen molar-refractivity contribution in [2.24, 2.45) is 0 Å². The summed E-state index contributed by atoms with van der Waals surface area (Å²) in [4.78, 5) is 0. The topological polar surface area (TPSA) is 39.7 Å². The summed E-state index contributed by atoms with van der Waals surface area (Å²) in [6, 6.07) is 14.4. The molecule has 1 atom stereocenters. The van der Waals surface area contributed by atoms with E-state index >= 15 is 0 Å². The Balaban J connectivity index is 0.00000192. The summed E-state index contributed by atoms with van der Waals surface area (Å²) in [7, 11) is 3.29. The summed E-state index contributed by atoms with van der Waals surface area (Å²) in [6.07, 6.45) is 1.11. The number of hydrogen-bond donors (Lipinski definition) is 1. The largest absolute Gasteiger partial charge is 0.493 e. The summed E-state index contributed by atoms with van der Waals surface area (Å²) >= 11 is 0. The van der Waals surface area contributed by atoms with Crippen molar-refractivity contribution in [2.75, 3.05) is 20.8 Å². The van der Waals surface area contributed by atoms with E-state index in [-0.39, 0.29) is 12.4 Å². The van der Waals surface area contributed by atoms with Crippen molar-refractivity contribution in [1.82, 2.24) is 5.32 Å². The minimum Gasteiger partial charge on any atom is -0.493 e. The second kappa shape index (κ2) is 8.09. The van der Waals surface area contributed by atoms with Gasteiger partial charge in [-0.3, -0.25) is 0 Å². The second-order valence-electron chi connectivity index (χ2n) is 5.31. The molecule has 23 heavy (non-hydrogen) atoms. The van der Waals surface area contributed by atoms with Crippen LogP contribution in [0.2, 0.25) is 0 Å². The molecule has 1 fully saturated rings. The Morgan fingerprint density at radius 1 is 1.00 bits per heavy atom. The van der Waals surface area contributed by atoms with Gasteiger partial charge in [-0.2, -0.15) is 0 Å². The van der Waals surface area contributed by atoms with Crippen LogP contribution in [0.4, 0.5) is 0 Å². The van der Waals surface area contributed by atoms with Crippen LogP contribution in [0.25, 0.3) is 0 Å². The monoisotopic (exact) mass is 335 g/mol. The Morgan fingerprint density at radius 3 is 2.22 bits per heavy atom. The van der Waals surface area contributed by atoms with Crippen LogP contribution in [-0.2, 0) is 6.61 Å². The first-order valence-electron chi connectivity index (χ1n) is 7.48. The molecule has 2 aromatic carbocycles. The molecule has 4 nitrogen and oxygen atoms in total. The van der Waals surface area contributed by atoms with Gasteiger partial charge in [-0.15, -0.1) is 12.4 Å². The minimum absolute atomic E-state index is 0. The van der Waals surface area contributed by atoms with E-state index < -0.39 is 0 Å². The highest BCUT2D eigenvalue weighted by Gasteiger charge is 2.24. The van der Waals surface area contributed by atoms with Gasteiger partial charge < -0.3 is 19.5 Å². The predicted octanol–water partition coefficient (Wildman–Crippen LogP) is 3.74. The fourth-order valence-corrected chi connectivity index (χ4v) is 2.56. The summed E-state index contributed by atoms with van der Waals surface area (Å²) < 4.78 is 16.8. The van der Waals surface area contributed by atoms with Gasteiger partial charge in [-0.25, -0.2) is 0 Å². The Labute approximate surface area is 143 Å². The van der Waals surface area contributed by atoms with E-state index in [1.807, 2.05) is 30.3 Å². The molecule has 0 aliphatic carbocycles. The van der Waals surface area contributed by atoms with Gasteiger partial charge in [0.1, 0.15) is 12.4 Å². The van der Waals surface area contributed by atoms with E-state index in [4.69, 9.17) is 14.2 Å². The van der Waals surface area contributed by atoms with Gasteiger partial charge in [-0.1, -0.05) is 30.3 Å². The van der Waals surface area contributed by atoms with Crippen molar-refractivity contribution in [3.8, 4) is 17.2 Å². The van der Waals surface area contributed by atoms with Gasteiger partial charge >= 0.3 is 0 Å². The fourth-order valence-electron chi connectivity index (χ4n) is 2.56. The molecule has 0 aromatic heterocycles. The van der Waals surface area contributed by atoms with Gasteiger partial charge in [0.15, 0.2) is 11.5 Å². The molecule has 0 bridgehead atoms. The highest BCUT2D eigenvalue weighted by Crippen LogP contribution is 2.40. The van der Waals surface area contributed by atoms with Gasteiger partial charge in [0.05, 0.1) is 14.2 Å². The molecule has 0 unspecified atom stereocenters. The van der Waals surface area contributed by atoms with E-state index in [1.165, 1.54) is 0 Å². The molecule has 5 heteroatoms. The third-order valence-electron chi connectivity index (χ3n) is 3.95. The Bertz CT molecular complexity index is 630. The smallest absolute Gasteiger partial charge is 0.164 e. The zero-order valence-corrected chi connectivity index (χ0v) is 14.2. The lowest BCUT2D eigenvalue weighted by atomic mass is 9.96. The number of hydrogen-bond acceptors (Lipinski definition) is 4. The molecule has 1 heterocycles. The number of halogens is 1. The number of methoxy groups -OCH3 is 2. The SMILES string of the molecule is COc1cc(OCc2ccccc2)c([C@@H]2CCN2)cc1OC.Cl. The highest BCUT2D eigenvalue weighted by atomic mass is 35.5. The number of ether oxygens (including phenoxy) is 3. The van der Waals surface area contributed by atoms with E-state index in [0.29, 0.717) is 18.4 Å². The van der Waals surface area contributed by atoms with Gasteiger partial charge in [0.2, 0.25) is 0 Å². The molecule has 3 rings (SSSR count). The predicted molar refractivity (Wildman–Crippen MR) is 92.9 cm³/mol. The first-order chi connectivity index (χ1) is 10.8. The van der Waals surface area contributed by atoms with Crippen LogP contribution < -0.4 is 19.5 Å². The van der Waals surface area contributed by atoms with Crippen LogP contribution in [-0.4, -0.2) is 20.8 Å². The Kier molecular flexibility index (Phi) is 6.13. The molecule has 1 N–H and O–H groups in total. The zero-order valence-electron chi connectivity index (χ0n) is 13.4. The Hall–Kier alpha value is -1.91. The van der Waals surface area contributed by atoms with E-state index in [9.17, 15) is 0 Å². The molecule has 124 valence electrons. The molecule has 0 spiro atoms. The molecule has 0 amide bonds. The molecular weight excluding hydrogens is 314 g/mol. The molecule has 2 aromatic rings. The van der Waals surface area contributed by atoms with Gasteiger partial charge in [0.25, 0.3) is 0 Å². The summed E-state index contributed by atoms with van der Waals surface area (Å²) in [6.45, 7) is 1.58. The van der Waals surface area contributed by atoms with Crippen LogP contribution in [0.5, 0.6) is 17.2 Å². The number of nitrogens with one attached hydrogen (secondary N) is 1. The molecule has 1 saturated heterocycles. The summed E-state index contributed by atoms with van der Waals surface area (Å²) in [5.41, 5.74) is 2.27. The van der Waals surface area contributed by atoms with Crippen molar-refractivity contribution < 1.29 is 14.2 Å². The number of benzene rings is 2. The lowest BCUT2D eigenvalue weighted by Gasteiger charge is -2.30. The van der Waals surface area contributed by atoms with E-state index in [2.05, 4.69) is 17.4 Å². The van der Waals surface area contributed by atoms with Crippen molar-refractivity contribution in [3.63, 3.8) is 0 Å². The average molecular weight is 336 g/mol. The maximum Gasteiger partial charge on any atom is 0.164 e. The maximum atomic E-state index is 6.05. The highest BCUT2D eigenvalue weighted by molar-refractivity contribution is 5.85. The first-order valence-corrected chi connectivity index (χ1v) is 7.48. The van der Waals surface area contributed by atoms with Crippen molar-refractivity contribution in [1.29, 1.82) is 0 Å². The van der Waals surface area contributed by atoms with E-state index in [1.54, 1.807) is 14.2 Å². The van der Waals surface area contributed by atoms with E-state index in [0.717, 1.165) is 35.6 Å². The fraction of sp³-hybridized carbons (Fsp3) is 0.333. The standard InChI is InChI=1S/C18H21NO3.ClH/c1-20-17-10-14(15-8-9-19-15)16(11-18(17)21-2)22-12-13-6-4-3-5-7-13;/h3-7,10-11,15,19H,8-9,12H2,1-2H3;1H/t15-;/m0./s1. The van der Waals surface area contributed by atoms with Gasteiger partial charge in [0, 0.05) is 17.7 Å². The van der Waals surface area contributed by atoms with Crippen LogP contribution >= 0.6 is 12.4 Å². The van der Waals surface area contributed by atoms with Crippen LogP contribution in [0.15, 0.2) is 42.5 Å². The molecular formula is C18H22ClNO3. The summed E-state index contributed by atoms with van der Waals surface area (Å²) in [5.74, 6) is 2.27. The normalized spacial score (nSPS) is 16.0. The second-order valence-corrected chi connectivity index (χ2v) is 5.31.